The Morgan fingerprint density at radius 1 is 0.556 bits per heavy atom. The van der Waals surface area contributed by atoms with Crippen molar-refractivity contribution in [1.82, 2.24) is 0 Å². The third kappa shape index (κ3) is 19.7. The highest BCUT2D eigenvalue weighted by atomic mass is 16.3. The van der Waals surface area contributed by atoms with Crippen molar-refractivity contribution in [1.29, 1.82) is 0 Å². The summed E-state index contributed by atoms with van der Waals surface area (Å²) >= 11 is 0. The van der Waals surface area contributed by atoms with Gasteiger partial charge in [-0.2, -0.15) is 0 Å². The number of aryl methyl sites for hydroxylation is 2. The molecule has 0 aliphatic rings. The number of primary amides is 2. The summed E-state index contributed by atoms with van der Waals surface area (Å²) in [6.45, 7) is 27.9. The number of unbranched alkanes of at least 4 members (excludes halogenated alkanes) is 5. The van der Waals surface area contributed by atoms with Crippen molar-refractivity contribution in [3.05, 3.63) is 69.4 Å². The minimum atomic E-state index is -0.298. The lowest BCUT2D eigenvalue weighted by Crippen LogP contribution is -2.18. The average molecular weight is 753 g/mol. The molecule has 54 heavy (non-hydrogen) atoms. The molecule has 0 bridgehead atoms. The molecule has 0 heterocycles. The molecule has 0 radical (unpaired) electrons. The zero-order valence-electron chi connectivity index (χ0n) is 36.6. The molecule has 0 aromatic heterocycles. The van der Waals surface area contributed by atoms with Gasteiger partial charge in [-0.25, -0.2) is 0 Å². The molecule has 8 nitrogen and oxygen atoms in total. The van der Waals surface area contributed by atoms with Crippen LogP contribution in [0.25, 0.3) is 0 Å². The van der Waals surface area contributed by atoms with Crippen molar-refractivity contribution >= 4 is 11.8 Å². The van der Waals surface area contributed by atoms with Gasteiger partial charge in [0.1, 0.15) is 11.5 Å². The zero-order chi connectivity index (χ0) is 42.1. The summed E-state index contributed by atoms with van der Waals surface area (Å²) in [5.41, 5.74) is 28.0. The molecule has 0 saturated heterocycles. The number of phenolic OH excluding ortho intramolecular Hbond substituents is 2. The minimum Gasteiger partial charge on any atom is -0.507 e. The summed E-state index contributed by atoms with van der Waals surface area (Å²) in [6, 6.07) is 7.97. The number of carbonyl (C=O) groups excluding carboxylic acids is 2. The van der Waals surface area contributed by atoms with Crippen LogP contribution in [0.15, 0.2) is 36.0 Å². The minimum absolute atomic E-state index is 0.146. The van der Waals surface area contributed by atoms with Crippen molar-refractivity contribution in [2.75, 3.05) is 6.54 Å². The molecule has 2 aromatic rings. The van der Waals surface area contributed by atoms with Gasteiger partial charge in [-0.3, -0.25) is 9.59 Å². The van der Waals surface area contributed by atoms with Gasteiger partial charge in [0.15, 0.2) is 0 Å². The zero-order valence-corrected chi connectivity index (χ0v) is 36.6. The standard InChI is InChI=1S/2C17H27NO2.C12H26N2/c2*1-16(2,3)12-9-11(7-8-14(18)19)10-13(15(12)20)17(4,5)6;1-2-3-4-6-9-12(14)10-7-5-8-11-13/h2*9-10,20H,7-8H2,1-6H3,(H2,18,19);9H,2-8,10-11,13-14H2,1H3. The quantitative estimate of drug-likeness (QED) is 0.0986. The highest BCUT2D eigenvalue weighted by Gasteiger charge is 2.28. The first-order valence-electron chi connectivity index (χ1n) is 20.1. The molecule has 0 unspecified atom stereocenters. The first-order valence-corrected chi connectivity index (χ1v) is 20.1. The summed E-state index contributed by atoms with van der Waals surface area (Å²) in [7, 11) is 0. The van der Waals surface area contributed by atoms with Crippen LogP contribution in [0.4, 0.5) is 0 Å². The van der Waals surface area contributed by atoms with Gasteiger partial charge in [0.25, 0.3) is 0 Å². The molecular weight excluding hydrogens is 673 g/mol. The first-order chi connectivity index (χ1) is 24.7. The highest BCUT2D eigenvalue weighted by Crippen LogP contribution is 2.41. The number of rotatable bonds is 15. The molecule has 308 valence electrons. The molecule has 2 rings (SSSR count). The molecule has 0 saturated carbocycles. The highest BCUT2D eigenvalue weighted by molar-refractivity contribution is 5.74. The number of allylic oxidation sites excluding steroid dienone is 2. The summed E-state index contributed by atoms with van der Waals surface area (Å²) < 4.78 is 0. The number of phenols is 2. The van der Waals surface area contributed by atoms with Gasteiger partial charge in [0, 0.05) is 18.5 Å². The van der Waals surface area contributed by atoms with Crippen molar-refractivity contribution < 1.29 is 19.8 Å². The van der Waals surface area contributed by atoms with Gasteiger partial charge in [-0.15, -0.1) is 0 Å². The molecular formula is C46H80N4O4. The second-order valence-electron chi connectivity index (χ2n) is 18.9. The molecule has 2 amide bonds. The number of carbonyl (C=O) groups is 2. The fourth-order valence-electron chi connectivity index (χ4n) is 5.93. The van der Waals surface area contributed by atoms with Crippen molar-refractivity contribution in [3.8, 4) is 11.5 Å². The van der Waals surface area contributed by atoms with Crippen LogP contribution in [-0.2, 0) is 44.1 Å². The predicted molar refractivity (Wildman–Crippen MR) is 230 cm³/mol. The van der Waals surface area contributed by atoms with Gasteiger partial charge < -0.3 is 33.1 Å². The Bertz CT molecular complexity index is 1320. The Kier molecular flexibility index (Phi) is 21.3. The van der Waals surface area contributed by atoms with Crippen molar-refractivity contribution in [2.45, 2.75) is 189 Å². The van der Waals surface area contributed by atoms with Crippen LogP contribution in [0.2, 0.25) is 0 Å². The monoisotopic (exact) mass is 753 g/mol. The fourth-order valence-corrected chi connectivity index (χ4v) is 5.93. The largest absolute Gasteiger partial charge is 0.507 e. The van der Waals surface area contributed by atoms with Gasteiger partial charge in [-0.1, -0.05) is 140 Å². The lowest BCUT2D eigenvalue weighted by molar-refractivity contribution is -0.118. The Labute approximate surface area is 329 Å². The summed E-state index contributed by atoms with van der Waals surface area (Å²) in [5, 5.41) is 21.1. The number of hydrogen-bond donors (Lipinski definition) is 6. The second kappa shape index (κ2) is 22.8. The van der Waals surface area contributed by atoms with E-state index >= 15 is 0 Å². The third-order valence-corrected chi connectivity index (χ3v) is 9.28. The summed E-state index contributed by atoms with van der Waals surface area (Å²) in [4.78, 5) is 22.0. The van der Waals surface area contributed by atoms with Crippen LogP contribution < -0.4 is 22.9 Å². The lowest BCUT2D eigenvalue weighted by atomic mass is 9.78. The van der Waals surface area contributed by atoms with Crippen molar-refractivity contribution in [2.24, 2.45) is 22.9 Å². The fraction of sp³-hybridized carbons (Fsp3) is 0.652. The Balaban J connectivity index is 0.000000796. The van der Waals surface area contributed by atoms with Crippen LogP contribution >= 0.6 is 0 Å². The van der Waals surface area contributed by atoms with E-state index in [1.165, 1.54) is 32.1 Å². The van der Waals surface area contributed by atoms with Crippen LogP contribution in [0, 0.1) is 0 Å². The van der Waals surface area contributed by atoms with E-state index < -0.39 is 0 Å². The van der Waals surface area contributed by atoms with E-state index in [2.05, 4.69) is 96.1 Å². The van der Waals surface area contributed by atoms with Gasteiger partial charge in [0.05, 0.1) is 0 Å². The van der Waals surface area contributed by atoms with Gasteiger partial charge in [0.2, 0.25) is 11.8 Å². The Morgan fingerprint density at radius 3 is 1.19 bits per heavy atom. The summed E-state index contributed by atoms with van der Waals surface area (Å²) in [6.07, 6.45) is 13.7. The number of amides is 2. The third-order valence-electron chi connectivity index (χ3n) is 9.28. The molecule has 0 aliphatic heterocycles. The molecule has 0 atom stereocenters. The first kappa shape index (κ1) is 50.5. The van der Waals surface area contributed by atoms with Gasteiger partial charge >= 0.3 is 0 Å². The van der Waals surface area contributed by atoms with Gasteiger partial charge in [-0.05, 0) is 107 Å². The number of aromatic hydroxyl groups is 2. The topological polar surface area (TPSA) is 179 Å². The SMILES string of the molecule is CC(C)(C)c1cc(CCC(N)=O)cc(C(C)(C)C)c1O.CC(C)(C)c1cc(CCC(N)=O)cc(C(C)(C)C)c1O.CCCCCC=C(N)CCCCCN. The van der Waals surface area contributed by atoms with E-state index in [-0.39, 0.29) is 33.5 Å². The van der Waals surface area contributed by atoms with Crippen LogP contribution in [0.5, 0.6) is 11.5 Å². The van der Waals surface area contributed by atoms with Crippen LogP contribution in [-0.4, -0.2) is 28.6 Å². The molecule has 2 aromatic carbocycles. The maximum absolute atomic E-state index is 11.0. The van der Waals surface area contributed by atoms with E-state index in [1.807, 2.05) is 24.3 Å². The molecule has 0 aliphatic carbocycles. The lowest BCUT2D eigenvalue weighted by Gasteiger charge is -2.28. The number of benzene rings is 2. The van der Waals surface area contributed by atoms with Crippen LogP contribution in [0.1, 0.15) is 188 Å². The summed E-state index contributed by atoms with van der Waals surface area (Å²) in [5.74, 6) is 0.140. The Morgan fingerprint density at radius 2 is 0.907 bits per heavy atom. The van der Waals surface area contributed by atoms with E-state index in [4.69, 9.17) is 22.9 Å². The number of hydrogen-bond acceptors (Lipinski definition) is 6. The van der Waals surface area contributed by atoms with Crippen LogP contribution in [0.3, 0.4) is 0 Å². The molecule has 8 heteroatoms. The number of nitrogens with two attached hydrogens (primary N) is 4. The normalized spacial score (nSPS) is 12.4. The molecule has 0 spiro atoms. The van der Waals surface area contributed by atoms with E-state index in [1.54, 1.807) is 0 Å². The van der Waals surface area contributed by atoms with E-state index in [0.717, 1.165) is 64.9 Å². The maximum atomic E-state index is 11.0. The van der Waals surface area contributed by atoms with E-state index in [0.29, 0.717) is 37.2 Å². The average Bonchev–Trinajstić information content (AvgIpc) is 3.02. The van der Waals surface area contributed by atoms with Crippen molar-refractivity contribution in [3.63, 3.8) is 0 Å². The predicted octanol–water partition coefficient (Wildman–Crippen LogP) is 9.74. The smallest absolute Gasteiger partial charge is 0.217 e. The Hall–Kier alpha value is -3.52. The molecule has 10 N–H and O–H groups in total. The maximum Gasteiger partial charge on any atom is 0.217 e. The molecule has 0 fully saturated rings. The second-order valence-corrected chi connectivity index (χ2v) is 18.9. The van der Waals surface area contributed by atoms with E-state index in [9.17, 15) is 19.8 Å².